The van der Waals surface area contributed by atoms with Gasteiger partial charge in [-0.1, -0.05) is 27.7 Å². The minimum Gasteiger partial charge on any atom is -0.481 e. The molecule has 0 saturated heterocycles. The summed E-state index contributed by atoms with van der Waals surface area (Å²) in [5, 5.41) is 14.6. The van der Waals surface area contributed by atoms with Crippen LogP contribution in [0.1, 0.15) is 53.9 Å². The minimum absolute atomic E-state index is 0.169. The van der Waals surface area contributed by atoms with Gasteiger partial charge in [0.25, 0.3) is 0 Å². The molecular weight excluding hydrogens is 244 g/mol. The molecule has 19 heavy (non-hydrogen) atoms. The Balaban J connectivity index is 4.29. The molecule has 1 atom stereocenters. The van der Waals surface area contributed by atoms with Crippen molar-refractivity contribution in [2.75, 3.05) is 6.54 Å². The lowest BCUT2D eigenvalue weighted by atomic mass is 9.95. The molecule has 5 nitrogen and oxygen atoms in total. The molecule has 0 aromatic heterocycles. The van der Waals surface area contributed by atoms with Crippen LogP contribution in [0.25, 0.3) is 0 Å². The van der Waals surface area contributed by atoms with Crippen molar-refractivity contribution < 1.29 is 14.7 Å². The molecule has 3 N–H and O–H groups in total. The van der Waals surface area contributed by atoms with Crippen LogP contribution in [-0.4, -0.2) is 29.2 Å². The summed E-state index contributed by atoms with van der Waals surface area (Å²) < 4.78 is 0. The van der Waals surface area contributed by atoms with Crippen LogP contribution >= 0.6 is 0 Å². The topological polar surface area (TPSA) is 78.4 Å². The van der Waals surface area contributed by atoms with Crippen LogP contribution in [0, 0.1) is 11.8 Å². The Morgan fingerprint density at radius 2 is 1.74 bits per heavy atom. The Hall–Kier alpha value is -1.26. The average molecular weight is 272 g/mol. The van der Waals surface area contributed by atoms with Gasteiger partial charge in [-0.2, -0.15) is 0 Å². The van der Waals surface area contributed by atoms with E-state index < -0.39 is 11.9 Å². The number of carboxylic acids is 1. The number of amides is 2. The molecule has 2 amide bonds. The van der Waals surface area contributed by atoms with Crippen molar-refractivity contribution in [1.29, 1.82) is 0 Å². The van der Waals surface area contributed by atoms with E-state index in [-0.39, 0.29) is 18.1 Å². The molecule has 0 bridgehead atoms. The summed E-state index contributed by atoms with van der Waals surface area (Å²) in [5.74, 6) is -1.09. The van der Waals surface area contributed by atoms with E-state index >= 15 is 0 Å². The van der Waals surface area contributed by atoms with Crippen LogP contribution in [0.3, 0.4) is 0 Å². The third-order valence-electron chi connectivity index (χ3n) is 3.59. The fourth-order valence-corrected chi connectivity index (χ4v) is 1.80. The lowest BCUT2D eigenvalue weighted by Gasteiger charge is -2.28. The molecule has 0 aliphatic carbocycles. The van der Waals surface area contributed by atoms with Crippen LogP contribution in [0.4, 0.5) is 4.79 Å². The summed E-state index contributed by atoms with van der Waals surface area (Å²) in [4.78, 5) is 22.8. The lowest BCUT2D eigenvalue weighted by Crippen LogP contribution is -2.50. The fourth-order valence-electron chi connectivity index (χ4n) is 1.80. The smallest absolute Gasteiger partial charge is 0.315 e. The molecule has 112 valence electrons. The predicted molar refractivity (Wildman–Crippen MR) is 76.1 cm³/mol. The van der Waals surface area contributed by atoms with Gasteiger partial charge in [0.1, 0.15) is 0 Å². The van der Waals surface area contributed by atoms with Crippen molar-refractivity contribution in [3.05, 3.63) is 0 Å². The molecular formula is C14H28N2O3. The number of carbonyl (C=O) groups is 2. The molecule has 0 heterocycles. The highest BCUT2D eigenvalue weighted by molar-refractivity contribution is 5.76. The van der Waals surface area contributed by atoms with Gasteiger partial charge in [-0.3, -0.25) is 4.79 Å². The van der Waals surface area contributed by atoms with Crippen molar-refractivity contribution in [3.8, 4) is 0 Å². The van der Waals surface area contributed by atoms with Crippen LogP contribution < -0.4 is 10.6 Å². The highest BCUT2D eigenvalue weighted by Gasteiger charge is 2.23. The van der Waals surface area contributed by atoms with E-state index in [0.29, 0.717) is 12.3 Å². The van der Waals surface area contributed by atoms with Gasteiger partial charge in [-0.15, -0.1) is 0 Å². The lowest BCUT2D eigenvalue weighted by molar-refractivity contribution is -0.142. The maximum absolute atomic E-state index is 11.8. The van der Waals surface area contributed by atoms with Crippen LogP contribution in [0.5, 0.6) is 0 Å². The first-order chi connectivity index (χ1) is 8.74. The quantitative estimate of drug-likeness (QED) is 0.635. The van der Waals surface area contributed by atoms with Crippen molar-refractivity contribution in [2.24, 2.45) is 11.8 Å². The molecule has 0 spiro atoms. The van der Waals surface area contributed by atoms with Gasteiger partial charge in [0.2, 0.25) is 0 Å². The molecule has 0 aliphatic heterocycles. The fraction of sp³-hybridized carbons (Fsp3) is 0.857. The van der Waals surface area contributed by atoms with Crippen LogP contribution in [-0.2, 0) is 4.79 Å². The maximum Gasteiger partial charge on any atom is 0.315 e. The monoisotopic (exact) mass is 272 g/mol. The van der Waals surface area contributed by atoms with Gasteiger partial charge in [0.05, 0.1) is 5.92 Å². The zero-order chi connectivity index (χ0) is 15.1. The molecule has 0 aromatic rings. The second kappa shape index (κ2) is 8.02. The second-order valence-corrected chi connectivity index (χ2v) is 5.77. The molecule has 0 aromatic carbocycles. The SMILES string of the molecule is CCC(C)(CC)NC(=O)NCC(CC(C)C)C(=O)O. The van der Waals surface area contributed by atoms with Gasteiger partial charge in [-0.25, -0.2) is 4.79 Å². The van der Waals surface area contributed by atoms with Crippen molar-refractivity contribution in [3.63, 3.8) is 0 Å². The van der Waals surface area contributed by atoms with Crippen molar-refractivity contribution in [1.82, 2.24) is 10.6 Å². The zero-order valence-corrected chi connectivity index (χ0v) is 12.7. The summed E-state index contributed by atoms with van der Waals surface area (Å²) in [5.41, 5.74) is -0.235. The Morgan fingerprint density at radius 3 is 2.11 bits per heavy atom. The number of hydrogen-bond donors (Lipinski definition) is 3. The number of nitrogens with one attached hydrogen (secondary N) is 2. The summed E-state index contributed by atoms with van der Waals surface area (Å²) >= 11 is 0. The molecule has 0 rings (SSSR count). The Labute approximate surface area is 116 Å². The highest BCUT2D eigenvalue weighted by Crippen LogP contribution is 2.14. The number of hydrogen-bond acceptors (Lipinski definition) is 2. The van der Waals surface area contributed by atoms with E-state index in [1.54, 1.807) is 0 Å². The zero-order valence-electron chi connectivity index (χ0n) is 12.7. The number of urea groups is 1. The minimum atomic E-state index is -0.859. The van der Waals surface area contributed by atoms with Crippen molar-refractivity contribution >= 4 is 12.0 Å². The largest absolute Gasteiger partial charge is 0.481 e. The van der Waals surface area contributed by atoms with Crippen molar-refractivity contribution in [2.45, 2.75) is 59.4 Å². The summed E-state index contributed by atoms with van der Waals surface area (Å²) in [6, 6.07) is -0.291. The molecule has 0 fully saturated rings. The summed E-state index contributed by atoms with van der Waals surface area (Å²) in [7, 11) is 0. The van der Waals surface area contributed by atoms with E-state index in [1.165, 1.54) is 0 Å². The van der Waals surface area contributed by atoms with Gasteiger partial charge in [-0.05, 0) is 32.1 Å². The molecule has 5 heteroatoms. The van der Waals surface area contributed by atoms with E-state index in [1.807, 2.05) is 34.6 Å². The predicted octanol–water partition coefficient (Wildman–Crippen LogP) is 2.61. The van der Waals surface area contributed by atoms with Crippen LogP contribution in [0.15, 0.2) is 0 Å². The summed E-state index contributed by atoms with van der Waals surface area (Å²) in [6.45, 7) is 10.1. The number of aliphatic carboxylic acids is 1. The normalized spacial score (nSPS) is 13.2. The average Bonchev–Trinajstić information content (AvgIpc) is 2.33. The first kappa shape index (κ1) is 17.7. The Kier molecular flexibility index (Phi) is 7.49. The second-order valence-electron chi connectivity index (χ2n) is 5.77. The van der Waals surface area contributed by atoms with E-state index in [9.17, 15) is 9.59 Å². The van der Waals surface area contributed by atoms with Crippen LogP contribution in [0.2, 0.25) is 0 Å². The standard InChI is InChI=1S/C14H28N2O3/c1-6-14(5,7-2)16-13(19)15-9-11(12(17)18)8-10(3)4/h10-11H,6-9H2,1-5H3,(H,17,18)(H2,15,16,19). The third-order valence-corrected chi connectivity index (χ3v) is 3.59. The maximum atomic E-state index is 11.8. The van der Waals surface area contributed by atoms with E-state index in [4.69, 9.17) is 5.11 Å². The van der Waals surface area contributed by atoms with Gasteiger partial charge >= 0.3 is 12.0 Å². The third kappa shape index (κ3) is 7.03. The van der Waals surface area contributed by atoms with E-state index in [2.05, 4.69) is 10.6 Å². The first-order valence-corrected chi connectivity index (χ1v) is 7.02. The van der Waals surface area contributed by atoms with Gasteiger partial charge < -0.3 is 15.7 Å². The highest BCUT2D eigenvalue weighted by atomic mass is 16.4. The number of carboxylic acid groups (broad SMARTS) is 1. The number of rotatable bonds is 8. The Morgan fingerprint density at radius 1 is 1.21 bits per heavy atom. The molecule has 0 aliphatic rings. The Bertz CT molecular complexity index is 299. The first-order valence-electron chi connectivity index (χ1n) is 7.02. The van der Waals surface area contributed by atoms with Gasteiger partial charge in [0.15, 0.2) is 0 Å². The number of carbonyl (C=O) groups excluding carboxylic acids is 1. The van der Waals surface area contributed by atoms with Gasteiger partial charge in [0, 0.05) is 12.1 Å². The molecule has 0 saturated carbocycles. The molecule has 0 radical (unpaired) electrons. The summed E-state index contributed by atoms with van der Waals surface area (Å²) in [6.07, 6.45) is 2.24. The van der Waals surface area contributed by atoms with E-state index in [0.717, 1.165) is 12.8 Å². The molecule has 1 unspecified atom stereocenters.